The van der Waals surface area contributed by atoms with E-state index in [0.29, 0.717) is 16.3 Å². The molecule has 3 aromatic carbocycles. The summed E-state index contributed by atoms with van der Waals surface area (Å²) in [5.74, 6) is -2.37. The van der Waals surface area contributed by atoms with Gasteiger partial charge in [-0.3, -0.25) is 19.2 Å². The molecule has 0 radical (unpaired) electrons. The number of hydrazone groups is 1. The molecule has 0 aliphatic rings. The number of hydrogen-bond acceptors (Lipinski definition) is 8. The van der Waals surface area contributed by atoms with Crippen LogP contribution < -0.4 is 21.4 Å². The van der Waals surface area contributed by atoms with E-state index in [0.717, 1.165) is 4.31 Å². The maximum Gasteiger partial charge on any atom is 0.313 e. The summed E-state index contributed by atoms with van der Waals surface area (Å²) < 4.78 is 33.6. The number of hydrogen-bond donors (Lipinski definition) is 4. The second-order valence-corrected chi connectivity index (χ2v) is 12.6. The van der Waals surface area contributed by atoms with Crippen LogP contribution in [0.2, 0.25) is 10.0 Å². The molecule has 13 nitrogen and oxygen atoms in total. The summed E-state index contributed by atoms with van der Waals surface area (Å²) in [5.41, 5.74) is 3.65. The number of anilines is 2. The first-order valence-corrected chi connectivity index (χ1v) is 16.0. The Morgan fingerprint density at radius 2 is 1.55 bits per heavy atom. The fourth-order valence-corrected chi connectivity index (χ4v) is 5.69. The minimum atomic E-state index is -4.14. The molecule has 16 heteroatoms. The van der Waals surface area contributed by atoms with Crippen LogP contribution in [0.25, 0.3) is 0 Å². The molecule has 0 fully saturated rings. The Kier molecular flexibility index (Phi) is 11.9. The first-order chi connectivity index (χ1) is 22.4. The third-order valence-corrected chi connectivity index (χ3v) is 8.75. The zero-order valence-electron chi connectivity index (χ0n) is 24.7. The molecule has 0 atom stereocenters. The van der Waals surface area contributed by atoms with Crippen molar-refractivity contribution in [3.8, 4) is 0 Å². The fraction of sp³-hybridized carbons (Fsp3) is 0.129. The highest BCUT2D eigenvalue weighted by atomic mass is 35.5. The number of rotatable bonds is 12. The van der Waals surface area contributed by atoms with E-state index in [1.165, 1.54) is 67.7 Å². The number of benzene rings is 3. The van der Waals surface area contributed by atoms with Crippen LogP contribution in [0.15, 0.2) is 99.3 Å². The van der Waals surface area contributed by atoms with Crippen LogP contribution in [0, 0.1) is 0 Å². The van der Waals surface area contributed by atoms with Crippen molar-refractivity contribution >= 4 is 74.4 Å². The molecular weight excluding hydrogens is 671 g/mol. The van der Waals surface area contributed by atoms with Gasteiger partial charge < -0.3 is 20.4 Å². The summed E-state index contributed by atoms with van der Waals surface area (Å²) in [5, 5.41) is 11.7. The Labute approximate surface area is 280 Å². The molecule has 0 spiro atoms. The molecular formula is C31H28Cl2N6O7S. The van der Waals surface area contributed by atoms with Gasteiger partial charge in [0.25, 0.3) is 5.91 Å². The zero-order chi connectivity index (χ0) is 34.0. The third kappa shape index (κ3) is 10.2. The Morgan fingerprint density at radius 3 is 2.23 bits per heavy atom. The van der Waals surface area contributed by atoms with E-state index in [4.69, 9.17) is 27.6 Å². The highest BCUT2D eigenvalue weighted by molar-refractivity contribution is 7.89. The topological polar surface area (TPSA) is 179 Å². The van der Waals surface area contributed by atoms with Gasteiger partial charge in [-0.25, -0.2) is 13.8 Å². The molecule has 0 aliphatic heterocycles. The SMILES string of the molecule is CC(=O)Nc1ccc(S(=O)(=O)N(CC(=O)N/N=C\c2ccc(CNC(=O)C(=O)Nc3ccc(Cl)c(Cl)c3)o2)Cc2ccccc2)cc1. The smallest absolute Gasteiger partial charge is 0.313 e. The second kappa shape index (κ2) is 16.0. The lowest BCUT2D eigenvalue weighted by Crippen LogP contribution is -2.39. The van der Waals surface area contributed by atoms with Gasteiger partial charge in [0.05, 0.1) is 34.2 Å². The van der Waals surface area contributed by atoms with Crippen molar-refractivity contribution < 1.29 is 32.0 Å². The molecule has 0 bridgehead atoms. The van der Waals surface area contributed by atoms with Gasteiger partial charge in [0.15, 0.2) is 0 Å². The molecule has 0 aliphatic carbocycles. The molecule has 4 aromatic rings. The average molecular weight is 700 g/mol. The van der Waals surface area contributed by atoms with Gasteiger partial charge in [-0.1, -0.05) is 53.5 Å². The molecule has 47 heavy (non-hydrogen) atoms. The number of carbonyl (C=O) groups is 4. The van der Waals surface area contributed by atoms with Crippen LogP contribution in [0.5, 0.6) is 0 Å². The van der Waals surface area contributed by atoms with Crippen molar-refractivity contribution in [3.05, 3.63) is 112 Å². The Balaban J connectivity index is 1.33. The van der Waals surface area contributed by atoms with Crippen molar-refractivity contribution in [2.45, 2.75) is 24.9 Å². The summed E-state index contributed by atoms with van der Waals surface area (Å²) >= 11 is 11.8. The van der Waals surface area contributed by atoms with Crippen molar-refractivity contribution in [2.75, 3.05) is 17.2 Å². The van der Waals surface area contributed by atoms with Gasteiger partial charge in [0.2, 0.25) is 15.9 Å². The average Bonchev–Trinajstić information content (AvgIpc) is 3.49. The van der Waals surface area contributed by atoms with Crippen molar-refractivity contribution in [1.82, 2.24) is 15.0 Å². The Morgan fingerprint density at radius 1 is 0.851 bits per heavy atom. The number of halogens is 2. The van der Waals surface area contributed by atoms with Gasteiger partial charge in [0, 0.05) is 24.8 Å². The Bertz CT molecular complexity index is 1900. The van der Waals surface area contributed by atoms with Gasteiger partial charge in [0.1, 0.15) is 11.5 Å². The maximum absolute atomic E-state index is 13.5. The number of furan rings is 1. The summed E-state index contributed by atoms with van der Waals surface area (Å²) in [4.78, 5) is 48.4. The van der Waals surface area contributed by atoms with Gasteiger partial charge in [-0.2, -0.15) is 9.41 Å². The number of nitrogens with one attached hydrogen (secondary N) is 4. The molecule has 1 heterocycles. The molecule has 0 saturated heterocycles. The van der Waals surface area contributed by atoms with Crippen LogP contribution in [0.3, 0.4) is 0 Å². The number of amides is 4. The highest BCUT2D eigenvalue weighted by Gasteiger charge is 2.27. The molecule has 4 amide bonds. The zero-order valence-corrected chi connectivity index (χ0v) is 27.0. The quantitative estimate of drug-likeness (QED) is 0.0975. The van der Waals surface area contributed by atoms with Crippen molar-refractivity contribution in [3.63, 3.8) is 0 Å². The van der Waals surface area contributed by atoms with Gasteiger partial charge in [-0.15, -0.1) is 0 Å². The summed E-state index contributed by atoms with van der Waals surface area (Å²) in [7, 11) is -4.14. The largest absolute Gasteiger partial charge is 0.458 e. The molecule has 244 valence electrons. The van der Waals surface area contributed by atoms with E-state index in [1.54, 1.807) is 30.3 Å². The molecule has 4 N–H and O–H groups in total. The third-order valence-electron chi connectivity index (χ3n) is 6.20. The fourth-order valence-electron chi connectivity index (χ4n) is 4.01. The van der Waals surface area contributed by atoms with E-state index >= 15 is 0 Å². The lowest BCUT2D eigenvalue weighted by Gasteiger charge is -2.21. The highest BCUT2D eigenvalue weighted by Crippen LogP contribution is 2.25. The lowest BCUT2D eigenvalue weighted by atomic mass is 10.2. The van der Waals surface area contributed by atoms with Crippen LogP contribution >= 0.6 is 23.2 Å². The van der Waals surface area contributed by atoms with Crippen LogP contribution in [-0.4, -0.2) is 49.1 Å². The minimum Gasteiger partial charge on any atom is -0.458 e. The molecule has 0 saturated carbocycles. The monoisotopic (exact) mass is 698 g/mol. The first-order valence-electron chi connectivity index (χ1n) is 13.8. The lowest BCUT2D eigenvalue weighted by molar-refractivity contribution is -0.136. The van der Waals surface area contributed by atoms with Gasteiger partial charge >= 0.3 is 11.8 Å². The molecule has 0 unspecified atom stereocenters. The Hall–Kier alpha value is -5.02. The van der Waals surface area contributed by atoms with Crippen molar-refractivity contribution in [2.24, 2.45) is 5.10 Å². The molecule has 1 aromatic heterocycles. The normalized spacial score (nSPS) is 11.3. The number of carbonyl (C=O) groups excluding carboxylic acids is 4. The molecule has 4 rings (SSSR count). The number of nitrogens with zero attached hydrogens (tertiary/aromatic N) is 2. The van der Waals surface area contributed by atoms with E-state index in [9.17, 15) is 27.6 Å². The predicted octanol–water partition coefficient (Wildman–Crippen LogP) is 4.14. The maximum atomic E-state index is 13.5. The van der Waals surface area contributed by atoms with E-state index in [1.807, 2.05) is 0 Å². The van der Waals surface area contributed by atoms with Crippen LogP contribution in [0.1, 0.15) is 24.0 Å². The van der Waals surface area contributed by atoms with Crippen LogP contribution in [-0.2, 0) is 42.3 Å². The van der Waals surface area contributed by atoms with Gasteiger partial charge in [-0.05, 0) is 60.2 Å². The first kappa shape index (κ1) is 34.8. The second-order valence-electron chi connectivity index (χ2n) is 9.83. The van der Waals surface area contributed by atoms with E-state index in [2.05, 4.69) is 26.5 Å². The van der Waals surface area contributed by atoms with E-state index < -0.39 is 34.3 Å². The van der Waals surface area contributed by atoms with Crippen LogP contribution in [0.4, 0.5) is 11.4 Å². The summed E-state index contributed by atoms with van der Waals surface area (Å²) in [6.45, 7) is 0.572. The summed E-state index contributed by atoms with van der Waals surface area (Å²) in [6.07, 6.45) is 1.19. The minimum absolute atomic E-state index is 0.0686. The summed E-state index contributed by atoms with van der Waals surface area (Å²) in [6, 6.07) is 21.8. The predicted molar refractivity (Wildman–Crippen MR) is 176 cm³/mol. The standard InChI is InChI=1S/C31H28Cl2N6O7S/c1-20(40)36-22-7-12-26(13-8-22)47(44,45)39(18-21-5-3-2-4-6-21)19-29(41)38-35-17-25-11-10-24(46-25)16-34-30(42)31(43)37-23-9-14-27(32)28(33)15-23/h2-15,17H,16,18-19H2,1H3,(H,34,42)(H,36,40)(H,37,43)(H,38,41)/b35-17-. The van der Waals surface area contributed by atoms with E-state index in [-0.39, 0.29) is 46.1 Å². The van der Waals surface area contributed by atoms with Crippen molar-refractivity contribution in [1.29, 1.82) is 0 Å². The number of sulfonamides is 1.